The second-order valence-electron chi connectivity index (χ2n) is 8.50. The largest absolute Gasteiger partial charge is 0.331 e. The number of carbonyl (C=O) groups excluding carboxylic acids is 1. The van der Waals surface area contributed by atoms with Crippen molar-refractivity contribution in [1.29, 1.82) is 0 Å². The summed E-state index contributed by atoms with van der Waals surface area (Å²) in [6.45, 7) is 7.59. The van der Waals surface area contributed by atoms with Gasteiger partial charge in [-0.05, 0) is 30.9 Å². The Hall–Kier alpha value is -3.06. The standard InChI is InChI=1S/C23H26N6O/c1-15-5-3-4-6-20(15)22-21-14-28(11-17-7-26-27-8-17)12-19(21)13-29(22)23(30)18-9-24-16(2)25-10-18/h3-10,19,21-22H,11-14H2,1-2H3,(H,26,27)/t19-,21-,22+/m0/s1. The Morgan fingerprint density at radius 3 is 2.63 bits per heavy atom. The van der Waals surface area contributed by atoms with Crippen LogP contribution < -0.4 is 0 Å². The molecule has 1 aromatic carbocycles. The van der Waals surface area contributed by atoms with E-state index >= 15 is 0 Å². The van der Waals surface area contributed by atoms with Crippen molar-refractivity contribution in [3.63, 3.8) is 0 Å². The van der Waals surface area contributed by atoms with Gasteiger partial charge >= 0.3 is 0 Å². The summed E-state index contributed by atoms with van der Waals surface area (Å²) < 4.78 is 0. The number of H-pyrrole nitrogens is 1. The molecule has 0 radical (unpaired) electrons. The highest BCUT2D eigenvalue weighted by Gasteiger charge is 2.49. The van der Waals surface area contributed by atoms with Crippen LogP contribution in [0.2, 0.25) is 0 Å². The molecule has 2 aliphatic rings. The molecule has 4 heterocycles. The molecular formula is C23H26N6O. The lowest BCUT2D eigenvalue weighted by Crippen LogP contribution is -2.36. The van der Waals surface area contributed by atoms with Crippen molar-refractivity contribution >= 4 is 5.91 Å². The first-order valence-corrected chi connectivity index (χ1v) is 10.5. The van der Waals surface area contributed by atoms with Gasteiger partial charge in [0, 0.05) is 56.3 Å². The van der Waals surface area contributed by atoms with Crippen molar-refractivity contribution in [2.75, 3.05) is 19.6 Å². The number of aromatic nitrogens is 4. The van der Waals surface area contributed by atoms with Gasteiger partial charge < -0.3 is 4.90 Å². The first-order chi connectivity index (χ1) is 14.6. The summed E-state index contributed by atoms with van der Waals surface area (Å²) in [6, 6.07) is 8.52. The zero-order valence-corrected chi connectivity index (χ0v) is 17.3. The van der Waals surface area contributed by atoms with Crippen LogP contribution >= 0.6 is 0 Å². The average Bonchev–Trinajstić information content (AvgIpc) is 3.45. The van der Waals surface area contributed by atoms with E-state index in [2.05, 4.69) is 61.2 Å². The van der Waals surface area contributed by atoms with Gasteiger partial charge in [0.25, 0.3) is 5.91 Å². The van der Waals surface area contributed by atoms with Gasteiger partial charge in [0.2, 0.25) is 0 Å². The molecule has 0 bridgehead atoms. The van der Waals surface area contributed by atoms with Gasteiger partial charge in [-0.25, -0.2) is 9.97 Å². The average molecular weight is 403 g/mol. The first-order valence-electron chi connectivity index (χ1n) is 10.5. The van der Waals surface area contributed by atoms with Crippen LogP contribution in [0.4, 0.5) is 0 Å². The van der Waals surface area contributed by atoms with Crippen molar-refractivity contribution in [1.82, 2.24) is 30.0 Å². The van der Waals surface area contributed by atoms with Crippen molar-refractivity contribution in [2.45, 2.75) is 26.4 Å². The quantitative estimate of drug-likeness (QED) is 0.726. The van der Waals surface area contributed by atoms with Crippen LogP contribution in [0.15, 0.2) is 49.1 Å². The summed E-state index contributed by atoms with van der Waals surface area (Å²) in [7, 11) is 0. The number of hydrogen-bond acceptors (Lipinski definition) is 5. The molecule has 2 saturated heterocycles. The first kappa shape index (κ1) is 18.9. The van der Waals surface area contributed by atoms with Gasteiger partial charge in [-0.15, -0.1) is 0 Å². The molecule has 2 fully saturated rings. The lowest BCUT2D eigenvalue weighted by atomic mass is 9.87. The molecule has 2 aromatic heterocycles. The summed E-state index contributed by atoms with van der Waals surface area (Å²) in [6.07, 6.45) is 7.15. The molecule has 7 nitrogen and oxygen atoms in total. The summed E-state index contributed by atoms with van der Waals surface area (Å²) in [5.41, 5.74) is 4.24. The summed E-state index contributed by atoms with van der Waals surface area (Å²) in [4.78, 5) is 26.5. The predicted octanol–water partition coefficient (Wildman–Crippen LogP) is 2.76. The molecule has 3 aromatic rings. The Balaban J connectivity index is 1.44. The molecule has 0 unspecified atom stereocenters. The molecule has 1 N–H and O–H groups in total. The number of nitrogens with one attached hydrogen (secondary N) is 1. The summed E-state index contributed by atoms with van der Waals surface area (Å²) in [5, 5.41) is 6.97. The topological polar surface area (TPSA) is 78.0 Å². The minimum absolute atomic E-state index is 0.0269. The molecule has 0 saturated carbocycles. The second kappa shape index (κ2) is 7.65. The van der Waals surface area contributed by atoms with Gasteiger partial charge in [0.05, 0.1) is 17.8 Å². The monoisotopic (exact) mass is 402 g/mol. The fourth-order valence-corrected chi connectivity index (χ4v) is 5.08. The molecule has 5 rings (SSSR count). The molecule has 3 atom stereocenters. The van der Waals surface area contributed by atoms with E-state index in [1.807, 2.05) is 19.3 Å². The lowest BCUT2D eigenvalue weighted by molar-refractivity contribution is 0.0698. The van der Waals surface area contributed by atoms with Crippen LogP contribution in [0.5, 0.6) is 0 Å². The number of fused-ring (bicyclic) bond motifs is 1. The fraction of sp³-hybridized carbons (Fsp3) is 0.391. The third-order valence-electron chi connectivity index (χ3n) is 6.50. The molecule has 0 spiro atoms. The molecular weight excluding hydrogens is 376 g/mol. The van der Waals surface area contributed by atoms with Crippen LogP contribution in [-0.4, -0.2) is 55.5 Å². The van der Waals surface area contributed by atoms with Crippen molar-refractivity contribution in [3.05, 3.63) is 77.1 Å². The normalized spacial score (nSPS) is 23.7. The maximum Gasteiger partial charge on any atom is 0.257 e. The maximum absolute atomic E-state index is 13.4. The summed E-state index contributed by atoms with van der Waals surface area (Å²) in [5.74, 6) is 1.57. The second-order valence-corrected chi connectivity index (χ2v) is 8.50. The minimum atomic E-state index is 0.0269. The van der Waals surface area contributed by atoms with Crippen LogP contribution in [0.25, 0.3) is 0 Å². The number of carbonyl (C=O) groups is 1. The van der Waals surface area contributed by atoms with Crippen molar-refractivity contribution < 1.29 is 4.79 Å². The van der Waals surface area contributed by atoms with E-state index in [1.165, 1.54) is 16.7 Å². The van der Waals surface area contributed by atoms with Crippen LogP contribution in [0.3, 0.4) is 0 Å². The van der Waals surface area contributed by atoms with E-state index in [9.17, 15) is 4.79 Å². The van der Waals surface area contributed by atoms with E-state index in [1.54, 1.807) is 12.4 Å². The van der Waals surface area contributed by atoms with Gasteiger partial charge in [-0.1, -0.05) is 24.3 Å². The Kier molecular flexibility index (Phi) is 4.83. The molecule has 2 aliphatic heterocycles. The number of aryl methyl sites for hydroxylation is 2. The lowest BCUT2D eigenvalue weighted by Gasteiger charge is -2.31. The Morgan fingerprint density at radius 2 is 1.90 bits per heavy atom. The van der Waals surface area contributed by atoms with Gasteiger partial charge in [-0.2, -0.15) is 5.10 Å². The van der Waals surface area contributed by atoms with Crippen LogP contribution in [0, 0.1) is 25.7 Å². The molecule has 7 heteroatoms. The van der Waals surface area contributed by atoms with Gasteiger partial charge in [0.15, 0.2) is 0 Å². The van der Waals surface area contributed by atoms with E-state index in [-0.39, 0.29) is 11.9 Å². The Labute approximate surface area is 176 Å². The third-order valence-corrected chi connectivity index (χ3v) is 6.50. The zero-order valence-electron chi connectivity index (χ0n) is 17.3. The smallest absolute Gasteiger partial charge is 0.257 e. The highest BCUT2D eigenvalue weighted by Crippen LogP contribution is 2.46. The predicted molar refractivity (Wildman–Crippen MR) is 113 cm³/mol. The number of nitrogens with zero attached hydrogens (tertiary/aromatic N) is 5. The van der Waals surface area contributed by atoms with E-state index in [0.717, 1.165) is 26.2 Å². The van der Waals surface area contributed by atoms with Crippen molar-refractivity contribution in [3.8, 4) is 0 Å². The Morgan fingerprint density at radius 1 is 1.10 bits per heavy atom. The fourth-order valence-electron chi connectivity index (χ4n) is 5.08. The molecule has 30 heavy (non-hydrogen) atoms. The maximum atomic E-state index is 13.4. The Bertz CT molecular complexity index is 1030. The number of hydrogen-bond donors (Lipinski definition) is 1. The molecule has 154 valence electrons. The van der Waals surface area contributed by atoms with Crippen LogP contribution in [0.1, 0.15) is 38.9 Å². The summed E-state index contributed by atoms with van der Waals surface area (Å²) >= 11 is 0. The van der Waals surface area contributed by atoms with E-state index in [0.29, 0.717) is 23.2 Å². The minimum Gasteiger partial charge on any atom is -0.331 e. The molecule has 1 amide bonds. The van der Waals surface area contributed by atoms with E-state index in [4.69, 9.17) is 0 Å². The number of benzene rings is 1. The highest BCUT2D eigenvalue weighted by atomic mass is 16.2. The van der Waals surface area contributed by atoms with Crippen molar-refractivity contribution in [2.24, 2.45) is 11.8 Å². The third kappa shape index (κ3) is 3.39. The van der Waals surface area contributed by atoms with E-state index < -0.39 is 0 Å². The van der Waals surface area contributed by atoms with Gasteiger partial charge in [0.1, 0.15) is 5.82 Å². The zero-order chi connectivity index (χ0) is 20.7. The van der Waals surface area contributed by atoms with Gasteiger partial charge in [-0.3, -0.25) is 14.8 Å². The molecule has 0 aliphatic carbocycles. The number of likely N-dealkylation sites (tertiary alicyclic amines) is 2. The van der Waals surface area contributed by atoms with Crippen LogP contribution in [-0.2, 0) is 6.54 Å². The number of rotatable bonds is 4. The highest BCUT2D eigenvalue weighted by molar-refractivity contribution is 5.94. The number of aromatic amines is 1. The SMILES string of the molecule is Cc1ncc(C(=O)N2C[C@@H]3CN(Cc4cn[nH]c4)C[C@@H]3[C@H]2c2ccccc2C)cn1. The number of amides is 1.